The summed E-state index contributed by atoms with van der Waals surface area (Å²) < 4.78 is 10.4. The van der Waals surface area contributed by atoms with Gasteiger partial charge in [0.1, 0.15) is 0 Å². The Morgan fingerprint density at radius 2 is 1.92 bits per heavy atom. The molecule has 7 nitrogen and oxygen atoms in total. The Hall–Kier alpha value is -3.06. The summed E-state index contributed by atoms with van der Waals surface area (Å²) in [5, 5.41) is 6.70. The van der Waals surface area contributed by atoms with E-state index in [0.717, 1.165) is 5.56 Å². The Morgan fingerprint density at radius 1 is 1.12 bits per heavy atom. The highest BCUT2D eigenvalue weighted by Gasteiger charge is 2.14. The molecule has 2 aromatic rings. The van der Waals surface area contributed by atoms with Crippen molar-refractivity contribution in [3.05, 3.63) is 52.5 Å². The summed E-state index contributed by atoms with van der Waals surface area (Å²) in [6.45, 7) is 2.02. The fourth-order valence-corrected chi connectivity index (χ4v) is 2.25. The van der Waals surface area contributed by atoms with Crippen molar-refractivity contribution in [1.82, 2.24) is 5.43 Å². The van der Waals surface area contributed by atoms with E-state index in [1.54, 1.807) is 36.4 Å². The van der Waals surface area contributed by atoms with Gasteiger partial charge in [-0.3, -0.25) is 9.59 Å². The van der Waals surface area contributed by atoms with E-state index in [4.69, 9.17) is 21.1 Å². The molecule has 0 radical (unpaired) electrons. The summed E-state index contributed by atoms with van der Waals surface area (Å²) in [6.07, 6.45) is 1.40. The lowest BCUT2D eigenvalue weighted by Crippen LogP contribution is -2.32. The SMILES string of the molecule is Cc1ccc(NC(=O)C(=O)N/N=C\c2ccc3c(c2)OCO3)cc1Cl. The van der Waals surface area contributed by atoms with Crippen molar-refractivity contribution in [2.75, 3.05) is 12.1 Å². The lowest BCUT2D eigenvalue weighted by Gasteiger charge is -2.05. The van der Waals surface area contributed by atoms with Crippen LogP contribution in [-0.4, -0.2) is 24.8 Å². The number of aryl methyl sites for hydroxylation is 1. The Labute approximate surface area is 148 Å². The number of carbonyl (C=O) groups is 2. The van der Waals surface area contributed by atoms with Crippen molar-refractivity contribution in [3.8, 4) is 11.5 Å². The average Bonchev–Trinajstić information content (AvgIpc) is 3.05. The zero-order chi connectivity index (χ0) is 17.8. The molecule has 2 aromatic carbocycles. The van der Waals surface area contributed by atoms with Gasteiger partial charge >= 0.3 is 11.8 Å². The number of nitrogens with one attached hydrogen (secondary N) is 2. The van der Waals surface area contributed by atoms with Crippen LogP contribution in [0.15, 0.2) is 41.5 Å². The highest BCUT2D eigenvalue weighted by Crippen LogP contribution is 2.31. The molecule has 128 valence electrons. The summed E-state index contributed by atoms with van der Waals surface area (Å²) in [5.74, 6) is -0.488. The third kappa shape index (κ3) is 4.07. The maximum atomic E-state index is 11.8. The molecule has 1 aliphatic rings. The van der Waals surface area contributed by atoms with Gasteiger partial charge in [0.15, 0.2) is 11.5 Å². The van der Waals surface area contributed by atoms with Gasteiger partial charge in [0.25, 0.3) is 0 Å². The summed E-state index contributed by atoms with van der Waals surface area (Å²) >= 11 is 5.97. The van der Waals surface area contributed by atoms with E-state index < -0.39 is 11.8 Å². The van der Waals surface area contributed by atoms with Crippen LogP contribution in [0, 0.1) is 6.92 Å². The maximum Gasteiger partial charge on any atom is 0.329 e. The molecular weight excluding hydrogens is 346 g/mol. The third-order valence-corrected chi connectivity index (χ3v) is 3.82. The van der Waals surface area contributed by atoms with Crippen LogP contribution in [0.4, 0.5) is 5.69 Å². The first-order chi connectivity index (χ1) is 12.0. The first-order valence-electron chi connectivity index (χ1n) is 7.33. The molecule has 8 heteroatoms. The monoisotopic (exact) mass is 359 g/mol. The van der Waals surface area contributed by atoms with Crippen molar-refractivity contribution in [1.29, 1.82) is 0 Å². The molecule has 0 spiro atoms. The number of halogens is 1. The van der Waals surface area contributed by atoms with Crippen LogP contribution in [0.3, 0.4) is 0 Å². The maximum absolute atomic E-state index is 11.8. The first kappa shape index (κ1) is 16.8. The van der Waals surface area contributed by atoms with Crippen molar-refractivity contribution < 1.29 is 19.1 Å². The fourth-order valence-electron chi connectivity index (χ4n) is 2.07. The van der Waals surface area contributed by atoms with E-state index in [-0.39, 0.29) is 6.79 Å². The number of nitrogens with zero attached hydrogens (tertiary/aromatic N) is 1. The normalized spacial score (nSPS) is 12.2. The van der Waals surface area contributed by atoms with Crippen LogP contribution in [0.25, 0.3) is 0 Å². The van der Waals surface area contributed by atoms with Crippen molar-refractivity contribution in [2.45, 2.75) is 6.92 Å². The van der Waals surface area contributed by atoms with E-state index in [9.17, 15) is 9.59 Å². The molecule has 25 heavy (non-hydrogen) atoms. The predicted octanol–water partition coefficient (Wildman–Crippen LogP) is 2.47. The Balaban J connectivity index is 1.56. The molecule has 2 N–H and O–H groups in total. The van der Waals surface area contributed by atoms with E-state index >= 15 is 0 Å². The van der Waals surface area contributed by atoms with Crippen LogP contribution in [0.2, 0.25) is 5.02 Å². The smallest absolute Gasteiger partial charge is 0.329 e. The zero-order valence-corrected chi connectivity index (χ0v) is 14.0. The highest BCUT2D eigenvalue weighted by molar-refractivity contribution is 6.39. The molecule has 2 amide bonds. The van der Waals surface area contributed by atoms with Gasteiger partial charge in [0, 0.05) is 10.7 Å². The van der Waals surface area contributed by atoms with Crippen LogP contribution >= 0.6 is 11.6 Å². The van der Waals surface area contributed by atoms with Crippen LogP contribution in [-0.2, 0) is 9.59 Å². The Morgan fingerprint density at radius 3 is 2.72 bits per heavy atom. The second-order valence-electron chi connectivity index (χ2n) is 5.23. The molecule has 3 rings (SSSR count). The van der Waals surface area contributed by atoms with E-state index in [0.29, 0.717) is 27.8 Å². The first-order valence-corrected chi connectivity index (χ1v) is 7.71. The number of benzene rings is 2. The largest absolute Gasteiger partial charge is 0.454 e. The van der Waals surface area contributed by atoms with E-state index in [1.165, 1.54) is 6.21 Å². The van der Waals surface area contributed by atoms with Crippen LogP contribution < -0.4 is 20.2 Å². The summed E-state index contributed by atoms with van der Waals surface area (Å²) in [5.41, 5.74) is 4.15. The topological polar surface area (TPSA) is 89.0 Å². The number of anilines is 1. The lowest BCUT2D eigenvalue weighted by molar-refractivity contribution is -0.136. The van der Waals surface area contributed by atoms with Gasteiger partial charge in [-0.25, -0.2) is 5.43 Å². The summed E-state index contributed by atoms with van der Waals surface area (Å²) in [7, 11) is 0. The van der Waals surface area contributed by atoms with Gasteiger partial charge in [0.05, 0.1) is 6.21 Å². The number of hydrogen-bond acceptors (Lipinski definition) is 5. The second-order valence-corrected chi connectivity index (χ2v) is 5.64. The highest BCUT2D eigenvalue weighted by atomic mass is 35.5. The van der Waals surface area contributed by atoms with Crippen LogP contribution in [0.1, 0.15) is 11.1 Å². The number of carbonyl (C=O) groups excluding carboxylic acids is 2. The lowest BCUT2D eigenvalue weighted by atomic mass is 10.2. The Kier molecular flexibility index (Phi) is 4.85. The third-order valence-electron chi connectivity index (χ3n) is 3.41. The van der Waals surface area contributed by atoms with E-state index in [1.807, 2.05) is 6.92 Å². The fraction of sp³-hybridized carbons (Fsp3) is 0.118. The molecule has 0 saturated heterocycles. The van der Waals surface area contributed by atoms with E-state index in [2.05, 4.69) is 15.8 Å². The summed E-state index contributed by atoms with van der Waals surface area (Å²) in [4.78, 5) is 23.6. The number of rotatable bonds is 3. The Bertz CT molecular complexity index is 867. The van der Waals surface area contributed by atoms with Gasteiger partial charge in [-0.05, 0) is 48.4 Å². The zero-order valence-electron chi connectivity index (χ0n) is 13.2. The quantitative estimate of drug-likeness (QED) is 0.500. The number of fused-ring (bicyclic) bond motifs is 1. The molecule has 0 fully saturated rings. The van der Waals surface area contributed by atoms with Crippen molar-refractivity contribution in [2.24, 2.45) is 5.10 Å². The number of amides is 2. The van der Waals surface area contributed by atoms with Crippen molar-refractivity contribution >= 4 is 35.3 Å². The number of ether oxygens (including phenoxy) is 2. The van der Waals surface area contributed by atoms with Gasteiger partial charge in [-0.2, -0.15) is 5.10 Å². The minimum absolute atomic E-state index is 0.176. The van der Waals surface area contributed by atoms with Crippen LogP contribution in [0.5, 0.6) is 11.5 Å². The molecule has 0 aromatic heterocycles. The van der Waals surface area contributed by atoms with Gasteiger partial charge in [-0.1, -0.05) is 17.7 Å². The minimum Gasteiger partial charge on any atom is -0.454 e. The molecular formula is C17H14ClN3O4. The molecule has 0 unspecified atom stereocenters. The number of hydrogen-bond donors (Lipinski definition) is 2. The second kappa shape index (κ2) is 7.23. The predicted molar refractivity (Wildman–Crippen MR) is 93.1 cm³/mol. The van der Waals surface area contributed by atoms with Gasteiger partial charge in [-0.15, -0.1) is 0 Å². The molecule has 0 saturated carbocycles. The molecule has 0 aliphatic carbocycles. The summed E-state index contributed by atoms with van der Waals surface area (Å²) in [6, 6.07) is 10.2. The number of hydrazone groups is 1. The molecule has 0 atom stereocenters. The molecule has 1 heterocycles. The van der Waals surface area contributed by atoms with Crippen molar-refractivity contribution in [3.63, 3.8) is 0 Å². The minimum atomic E-state index is -0.895. The molecule has 0 bridgehead atoms. The van der Waals surface area contributed by atoms with Gasteiger partial charge in [0.2, 0.25) is 6.79 Å². The standard InChI is InChI=1S/C17H14ClN3O4/c1-10-2-4-12(7-13(10)18)20-16(22)17(23)21-19-8-11-3-5-14-15(6-11)25-9-24-14/h2-8H,9H2,1H3,(H,20,22)(H,21,23)/b19-8-. The average molecular weight is 360 g/mol. The molecule has 1 aliphatic heterocycles. The van der Waals surface area contributed by atoms with Gasteiger partial charge < -0.3 is 14.8 Å².